The first kappa shape index (κ1) is 12.5. The van der Waals surface area contributed by atoms with Crippen LogP contribution < -0.4 is 0 Å². The predicted octanol–water partition coefficient (Wildman–Crippen LogP) is 1.42. The molecule has 0 saturated heterocycles. The molecular weight excluding hydrogens is 222 g/mol. The predicted molar refractivity (Wildman–Crippen MR) is 57.6 cm³/mol. The van der Waals surface area contributed by atoms with Gasteiger partial charge in [0.1, 0.15) is 12.3 Å². The first-order chi connectivity index (χ1) is 8.19. The molecule has 0 aliphatic carbocycles. The zero-order valence-corrected chi connectivity index (χ0v) is 9.04. The molecule has 0 N–H and O–H groups in total. The summed E-state index contributed by atoms with van der Waals surface area (Å²) < 4.78 is 9.00. The van der Waals surface area contributed by atoms with Crippen LogP contribution in [-0.2, 0) is 14.3 Å². The van der Waals surface area contributed by atoms with Crippen LogP contribution in [0.15, 0.2) is 42.2 Å². The molecule has 0 amide bonds. The van der Waals surface area contributed by atoms with E-state index < -0.39 is 11.9 Å². The highest BCUT2D eigenvalue weighted by Gasteiger charge is 2.11. The van der Waals surface area contributed by atoms with E-state index in [0.29, 0.717) is 5.56 Å². The van der Waals surface area contributed by atoms with E-state index in [-0.39, 0.29) is 5.57 Å². The topological polar surface area (TPSA) is 76.4 Å². The molecule has 0 radical (unpaired) electrons. The number of rotatable bonds is 3. The van der Waals surface area contributed by atoms with Crippen LogP contribution in [0, 0.1) is 11.3 Å². The summed E-state index contributed by atoms with van der Waals surface area (Å²) in [6.07, 6.45) is 0.779. The maximum absolute atomic E-state index is 11.4. The third-order valence-electron chi connectivity index (χ3n) is 1.82. The maximum Gasteiger partial charge on any atom is 0.351 e. The molecule has 0 bridgehead atoms. The molecule has 0 saturated carbocycles. The molecule has 5 heteroatoms. The van der Waals surface area contributed by atoms with Crippen LogP contribution in [0.2, 0.25) is 0 Å². The fourth-order valence-corrected chi connectivity index (χ4v) is 0.985. The summed E-state index contributed by atoms with van der Waals surface area (Å²) in [5, 5.41) is 8.60. The van der Waals surface area contributed by atoms with Gasteiger partial charge in [-0.3, -0.25) is 0 Å². The van der Waals surface area contributed by atoms with Crippen LogP contribution in [0.25, 0.3) is 0 Å². The molecule has 1 rings (SSSR count). The molecule has 1 aromatic rings. The van der Waals surface area contributed by atoms with Gasteiger partial charge in [0.25, 0.3) is 0 Å². The van der Waals surface area contributed by atoms with Crippen molar-refractivity contribution in [2.24, 2.45) is 0 Å². The Hall–Kier alpha value is -2.61. The molecule has 0 aliphatic heterocycles. The van der Waals surface area contributed by atoms with Crippen molar-refractivity contribution in [3.8, 4) is 6.07 Å². The molecule has 5 nitrogen and oxygen atoms in total. The molecule has 0 atom stereocenters. The minimum atomic E-state index is -0.853. The summed E-state index contributed by atoms with van der Waals surface area (Å²) in [7, 11) is 1.13. The highest BCUT2D eigenvalue weighted by Crippen LogP contribution is 2.03. The minimum absolute atomic E-state index is 0.325. The van der Waals surface area contributed by atoms with Crippen LogP contribution in [-0.4, -0.2) is 19.0 Å². The zero-order valence-electron chi connectivity index (χ0n) is 9.04. The van der Waals surface area contributed by atoms with Crippen molar-refractivity contribution in [3.63, 3.8) is 0 Å². The van der Waals surface area contributed by atoms with Gasteiger partial charge in [0.05, 0.1) is 12.7 Å². The fraction of sp³-hybridized carbons (Fsp3) is 0.0833. The second kappa shape index (κ2) is 6.08. The molecule has 1 aromatic carbocycles. The Balaban J connectivity index is 2.74. The standard InChI is InChI=1S/C12H9NO4/c1-16-11(14)10(7-13)8-17-12(15)9-5-3-2-4-6-9/h2-6,8H,1H3. The van der Waals surface area contributed by atoms with Crippen LogP contribution in [0.3, 0.4) is 0 Å². The van der Waals surface area contributed by atoms with Crippen LogP contribution >= 0.6 is 0 Å². The van der Waals surface area contributed by atoms with Gasteiger partial charge in [-0.05, 0) is 12.1 Å². The monoisotopic (exact) mass is 231 g/mol. The lowest BCUT2D eigenvalue weighted by atomic mass is 10.2. The summed E-state index contributed by atoms with van der Waals surface area (Å²) in [6, 6.07) is 9.78. The number of methoxy groups -OCH3 is 1. The highest BCUT2D eigenvalue weighted by molar-refractivity contribution is 5.94. The number of carbonyl (C=O) groups is 2. The average Bonchev–Trinajstić information content (AvgIpc) is 2.39. The van der Waals surface area contributed by atoms with Gasteiger partial charge in [-0.2, -0.15) is 5.26 Å². The van der Waals surface area contributed by atoms with Crippen molar-refractivity contribution < 1.29 is 19.1 Å². The number of ether oxygens (including phenoxy) is 2. The van der Waals surface area contributed by atoms with E-state index in [4.69, 9.17) is 5.26 Å². The van der Waals surface area contributed by atoms with Crippen molar-refractivity contribution >= 4 is 11.9 Å². The molecule has 0 unspecified atom stereocenters. The number of hydrogen-bond donors (Lipinski definition) is 0. The van der Waals surface area contributed by atoms with Gasteiger partial charge < -0.3 is 9.47 Å². The number of carbonyl (C=O) groups excluding carboxylic acids is 2. The lowest BCUT2D eigenvalue weighted by Gasteiger charge is -1.99. The maximum atomic E-state index is 11.4. The Morgan fingerprint density at radius 3 is 2.47 bits per heavy atom. The molecule has 0 aliphatic rings. The summed E-state index contributed by atoms with van der Waals surface area (Å²) in [5.41, 5.74) is -0.0531. The molecule has 0 fully saturated rings. The Labute approximate surface area is 97.9 Å². The van der Waals surface area contributed by atoms with Crippen molar-refractivity contribution in [2.75, 3.05) is 7.11 Å². The number of nitriles is 1. The van der Waals surface area contributed by atoms with E-state index in [1.54, 1.807) is 36.4 Å². The third kappa shape index (κ3) is 3.47. The van der Waals surface area contributed by atoms with E-state index >= 15 is 0 Å². The highest BCUT2D eigenvalue weighted by atomic mass is 16.5. The van der Waals surface area contributed by atoms with Gasteiger partial charge in [0.15, 0.2) is 5.57 Å². The summed E-state index contributed by atoms with van der Waals surface area (Å²) >= 11 is 0. The van der Waals surface area contributed by atoms with Gasteiger partial charge in [-0.15, -0.1) is 0 Å². The van der Waals surface area contributed by atoms with Gasteiger partial charge in [-0.25, -0.2) is 9.59 Å². The molecule has 86 valence electrons. The van der Waals surface area contributed by atoms with Crippen molar-refractivity contribution in [2.45, 2.75) is 0 Å². The van der Waals surface area contributed by atoms with E-state index in [1.807, 2.05) is 0 Å². The largest absolute Gasteiger partial charge is 0.465 e. The van der Waals surface area contributed by atoms with Crippen molar-refractivity contribution in [3.05, 3.63) is 47.7 Å². The van der Waals surface area contributed by atoms with Gasteiger partial charge >= 0.3 is 11.9 Å². The van der Waals surface area contributed by atoms with E-state index in [0.717, 1.165) is 13.4 Å². The average molecular weight is 231 g/mol. The van der Waals surface area contributed by atoms with Gasteiger partial charge in [-0.1, -0.05) is 18.2 Å². The lowest BCUT2D eigenvalue weighted by molar-refractivity contribution is -0.135. The van der Waals surface area contributed by atoms with Crippen molar-refractivity contribution in [1.29, 1.82) is 5.26 Å². The summed E-state index contributed by atoms with van der Waals surface area (Å²) in [4.78, 5) is 22.4. The number of benzene rings is 1. The zero-order chi connectivity index (χ0) is 12.7. The van der Waals surface area contributed by atoms with E-state index in [9.17, 15) is 9.59 Å². The molecule has 0 aromatic heterocycles. The first-order valence-electron chi connectivity index (χ1n) is 4.63. The van der Waals surface area contributed by atoms with E-state index in [2.05, 4.69) is 9.47 Å². The normalized spacial score (nSPS) is 10.2. The lowest BCUT2D eigenvalue weighted by Crippen LogP contribution is -2.06. The third-order valence-corrected chi connectivity index (χ3v) is 1.82. The number of nitrogens with zero attached hydrogens (tertiary/aromatic N) is 1. The van der Waals surface area contributed by atoms with Crippen LogP contribution in [0.5, 0.6) is 0 Å². The molecule has 17 heavy (non-hydrogen) atoms. The number of esters is 2. The molecular formula is C12H9NO4. The molecule has 0 heterocycles. The number of hydrogen-bond acceptors (Lipinski definition) is 5. The molecule has 0 spiro atoms. The Morgan fingerprint density at radius 2 is 1.94 bits per heavy atom. The summed E-state index contributed by atoms with van der Waals surface area (Å²) in [5.74, 6) is -1.50. The summed E-state index contributed by atoms with van der Waals surface area (Å²) in [6.45, 7) is 0. The Kier molecular flexibility index (Phi) is 4.45. The van der Waals surface area contributed by atoms with Gasteiger partial charge in [0.2, 0.25) is 0 Å². The smallest absolute Gasteiger partial charge is 0.351 e. The second-order valence-corrected chi connectivity index (χ2v) is 2.91. The first-order valence-corrected chi connectivity index (χ1v) is 4.63. The van der Waals surface area contributed by atoms with Crippen molar-refractivity contribution in [1.82, 2.24) is 0 Å². The Bertz CT molecular complexity index is 485. The Morgan fingerprint density at radius 1 is 1.29 bits per heavy atom. The van der Waals surface area contributed by atoms with Gasteiger partial charge in [0, 0.05) is 0 Å². The van der Waals surface area contributed by atoms with Crippen LogP contribution in [0.1, 0.15) is 10.4 Å². The second-order valence-electron chi connectivity index (χ2n) is 2.91. The van der Waals surface area contributed by atoms with E-state index in [1.165, 1.54) is 0 Å². The minimum Gasteiger partial charge on any atom is -0.465 e. The van der Waals surface area contributed by atoms with Crippen LogP contribution in [0.4, 0.5) is 0 Å². The quantitative estimate of drug-likeness (QED) is 0.340. The SMILES string of the molecule is COC(=O)C(C#N)=COC(=O)c1ccccc1. The fourth-order valence-electron chi connectivity index (χ4n) is 0.985.